The Hall–Kier alpha value is -1.79. The average molecular weight is 265 g/mol. The normalized spacial score (nSPS) is 18.8. The lowest BCUT2D eigenvalue weighted by Gasteiger charge is -2.38. The van der Waals surface area contributed by atoms with Gasteiger partial charge in [0.15, 0.2) is 11.5 Å². The summed E-state index contributed by atoms with van der Waals surface area (Å²) in [7, 11) is 0. The SMILES string of the molecule is Cc1cc2c(cc1NC(=O)C1(CO)COC1)OCO2. The van der Waals surface area contributed by atoms with Crippen LogP contribution in [0.3, 0.4) is 0 Å². The van der Waals surface area contributed by atoms with Crippen molar-refractivity contribution in [2.24, 2.45) is 5.41 Å². The molecule has 0 bridgehead atoms. The number of aliphatic hydroxyl groups is 1. The van der Waals surface area contributed by atoms with E-state index in [2.05, 4.69) is 5.32 Å². The van der Waals surface area contributed by atoms with E-state index in [4.69, 9.17) is 14.2 Å². The van der Waals surface area contributed by atoms with Gasteiger partial charge in [0.1, 0.15) is 5.41 Å². The third-order valence-corrected chi connectivity index (χ3v) is 3.51. The van der Waals surface area contributed by atoms with Crippen molar-refractivity contribution in [3.8, 4) is 11.5 Å². The molecule has 1 saturated heterocycles. The van der Waals surface area contributed by atoms with Crippen LogP contribution in [-0.4, -0.2) is 37.6 Å². The Balaban J connectivity index is 1.82. The number of anilines is 1. The molecule has 1 fully saturated rings. The summed E-state index contributed by atoms with van der Waals surface area (Å²) in [5.41, 5.74) is 0.725. The van der Waals surface area contributed by atoms with Gasteiger partial charge in [-0.2, -0.15) is 0 Å². The number of aliphatic hydroxyl groups excluding tert-OH is 1. The molecule has 1 aromatic rings. The van der Waals surface area contributed by atoms with Crippen molar-refractivity contribution in [2.45, 2.75) is 6.92 Å². The summed E-state index contributed by atoms with van der Waals surface area (Å²) >= 11 is 0. The minimum atomic E-state index is -0.817. The first-order valence-corrected chi connectivity index (χ1v) is 6.05. The zero-order valence-electron chi connectivity index (χ0n) is 10.6. The van der Waals surface area contributed by atoms with Gasteiger partial charge in [-0.1, -0.05) is 0 Å². The fourth-order valence-electron chi connectivity index (χ4n) is 2.08. The van der Waals surface area contributed by atoms with Crippen LogP contribution in [0, 0.1) is 12.3 Å². The number of ether oxygens (including phenoxy) is 3. The predicted octanol–water partition coefficient (Wildman–Crippen LogP) is 0.671. The molecule has 0 aromatic heterocycles. The number of carbonyl (C=O) groups is 1. The molecule has 0 unspecified atom stereocenters. The summed E-state index contributed by atoms with van der Waals surface area (Å²) in [5.74, 6) is 1.06. The van der Waals surface area contributed by atoms with Crippen LogP contribution in [-0.2, 0) is 9.53 Å². The van der Waals surface area contributed by atoms with E-state index in [1.807, 2.05) is 13.0 Å². The number of nitrogens with one attached hydrogen (secondary N) is 1. The van der Waals surface area contributed by atoms with E-state index in [1.54, 1.807) is 6.07 Å². The van der Waals surface area contributed by atoms with E-state index in [0.29, 0.717) is 17.2 Å². The van der Waals surface area contributed by atoms with E-state index in [-0.39, 0.29) is 32.5 Å². The minimum Gasteiger partial charge on any atom is -0.454 e. The molecule has 6 nitrogen and oxygen atoms in total. The third-order valence-electron chi connectivity index (χ3n) is 3.51. The highest BCUT2D eigenvalue weighted by atomic mass is 16.7. The molecule has 6 heteroatoms. The van der Waals surface area contributed by atoms with Crippen LogP contribution < -0.4 is 14.8 Å². The molecule has 0 saturated carbocycles. The Morgan fingerprint density at radius 2 is 2.05 bits per heavy atom. The first-order chi connectivity index (χ1) is 9.14. The van der Waals surface area contributed by atoms with Crippen molar-refractivity contribution in [1.82, 2.24) is 0 Å². The maximum atomic E-state index is 12.2. The molecule has 19 heavy (non-hydrogen) atoms. The van der Waals surface area contributed by atoms with Gasteiger partial charge in [0.2, 0.25) is 12.7 Å². The second kappa shape index (κ2) is 4.40. The molecular formula is C13H15NO5. The molecular weight excluding hydrogens is 250 g/mol. The van der Waals surface area contributed by atoms with Gasteiger partial charge >= 0.3 is 0 Å². The van der Waals surface area contributed by atoms with Gasteiger partial charge in [-0.15, -0.1) is 0 Å². The van der Waals surface area contributed by atoms with E-state index < -0.39 is 5.41 Å². The minimum absolute atomic E-state index is 0.195. The molecule has 3 rings (SSSR count). The molecule has 102 valence electrons. The molecule has 0 radical (unpaired) electrons. The number of hydrogen-bond acceptors (Lipinski definition) is 5. The molecule has 2 aliphatic heterocycles. The van der Waals surface area contributed by atoms with Gasteiger partial charge in [0.05, 0.1) is 19.8 Å². The van der Waals surface area contributed by atoms with E-state index >= 15 is 0 Å². The number of carbonyl (C=O) groups excluding carboxylic acids is 1. The van der Waals surface area contributed by atoms with Gasteiger partial charge < -0.3 is 24.6 Å². The van der Waals surface area contributed by atoms with Crippen LogP contribution in [0.15, 0.2) is 12.1 Å². The fourth-order valence-corrected chi connectivity index (χ4v) is 2.08. The Kier molecular flexibility index (Phi) is 2.83. The molecule has 0 spiro atoms. The lowest BCUT2D eigenvalue weighted by atomic mass is 9.86. The van der Waals surface area contributed by atoms with Crippen LogP contribution in [0.2, 0.25) is 0 Å². The van der Waals surface area contributed by atoms with Crippen LogP contribution in [0.1, 0.15) is 5.56 Å². The lowest BCUT2D eigenvalue weighted by Crippen LogP contribution is -2.54. The molecule has 0 atom stereocenters. The standard InChI is InChI=1S/C13H15NO5/c1-8-2-10-11(19-7-18-10)3-9(8)14-12(16)13(4-15)5-17-6-13/h2-3,15H,4-7H2,1H3,(H,14,16). The fraction of sp³-hybridized carbons (Fsp3) is 0.462. The van der Waals surface area contributed by atoms with Crippen molar-refractivity contribution in [3.05, 3.63) is 17.7 Å². The van der Waals surface area contributed by atoms with E-state index in [0.717, 1.165) is 5.56 Å². The maximum Gasteiger partial charge on any atom is 0.237 e. The molecule has 2 N–H and O–H groups in total. The number of benzene rings is 1. The summed E-state index contributed by atoms with van der Waals surface area (Å²) in [4.78, 5) is 12.2. The first kappa shape index (κ1) is 12.3. The molecule has 0 aliphatic carbocycles. The number of rotatable bonds is 3. The Morgan fingerprint density at radius 1 is 1.37 bits per heavy atom. The maximum absolute atomic E-state index is 12.2. The van der Waals surface area contributed by atoms with Gasteiger partial charge in [-0.05, 0) is 18.6 Å². The Morgan fingerprint density at radius 3 is 2.63 bits per heavy atom. The van der Waals surface area contributed by atoms with Gasteiger partial charge in [-0.25, -0.2) is 0 Å². The highest BCUT2D eigenvalue weighted by molar-refractivity contribution is 5.97. The second-order valence-electron chi connectivity index (χ2n) is 4.91. The zero-order chi connectivity index (χ0) is 13.5. The van der Waals surface area contributed by atoms with Crippen molar-refractivity contribution in [2.75, 3.05) is 31.9 Å². The Labute approximate surface area is 110 Å². The van der Waals surface area contributed by atoms with Crippen LogP contribution in [0.4, 0.5) is 5.69 Å². The summed E-state index contributed by atoms with van der Waals surface area (Å²) in [6.07, 6.45) is 0. The number of amides is 1. The predicted molar refractivity (Wildman–Crippen MR) is 66.3 cm³/mol. The van der Waals surface area contributed by atoms with Crippen LogP contribution in [0.5, 0.6) is 11.5 Å². The summed E-state index contributed by atoms with van der Waals surface area (Å²) in [6, 6.07) is 3.56. The monoisotopic (exact) mass is 265 g/mol. The van der Waals surface area contributed by atoms with E-state index in [1.165, 1.54) is 0 Å². The van der Waals surface area contributed by atoms with Crippen molar-refractivity contribution in [3.63, 3.8) is 0 Å². The Bertz CT molecular complexity index is 519. The molecule has 1 amide bonds. The number of aryl methyl sites for hydroxylation is 1. The highest BCUT2D eigenvalue weighted by Gasteiger charge is 2.45. The quantitative estimate of drug-likeness (QED) is 0.840. The zero-order valence-corrected chi connectivity index (χ0v) is 10.6. The number of fused-ring (bicyclic) bond motifs is 1. The largest absolute Gasteiger partial charge is 0.454 e. The summed E-state index contributed by atoms with van der Waals surface area (Å²) < 4.78 is 15.6. The molecule has 2 heterocycles. The first-order valence-electron chi connectivity index (χ1n) is 6.05. The summed E-state index contributed by atoms with van der Waals surface area (Å²) in [5, 5.41) is 12.1. The van der Waals surface area contributed by atoms with Crippen molar-refractivity contribution in [1.29, 1.82) is 0 Å². The molecule has 2 aliphatic rings. The lowest BCUT2D eigenvalue weighted by molar-refractivity contribution is -0.164. The van der Waals surface area contributed by atoms with Gasteiger partial charge in [-0.3, -0.25) is 4.79 Å². The summed E-state index contributed by atoms with van der Waals surface area (Å²) in [6.45, 7) is 2.35. The van der Waals surface area contributed by atoms with Crippen LogP contribution in [0.25, 0.3) is 0 Å². The van der Waals surface area contributed by atoms with Gasteiger partial charge in [0, 0.05) is 11.8 Å². The van der Waals surface area contributed by atoms with Gasteiger partial charge in [0.25, 0.3) is 0 Å². The van der Waals surface area contributed by atoms with E-state index in [9.17, 15) is 9.90 Å². The number of hydrogen-bond donors (Lipinski definition) is 2. The molecule has 1 aromatic carbocycles. The van der Waals surface area contributed by atoms with Crippen molar-refractivity contribution >= 4 is 11.6 Å². The topological polar surface area (TPSA) is 77.0 Å². The second-order valence-corrected chi connectivity index (χ2v) is 4.91. The smallest absolute Gasteiger partial charge is 0.237 e. The third kappa shape index (κ3) is 1.93. The van der Waals surface area contributed by atoms with Crippen molar-refractivity contribution < 1.29 is 24.1 Å². The average Bonchev–Trinajstić information content (AvgIpc) is 2.75. The van der Waals surface area contributed by atoms with Crippen LogP contribution >= 0.6 is 0 Å². The highest BCUT2D eigenvalue weighted by Crippen LogP contribution is 2.37.